The molecule has 2 rings (SSSR count). The maximum Gasteiger partial charge on any atom is 0.152 e. The lowest BCUT2D eigenvalue weighted by Gasteiger charge is -2.24. The Labute approximate surface area is 106 Å². The number of hydrogen-bond donors (Lipinski definition) is 2. The normalized spacial score (nSPS) is 23.2. The highest BCUT2D eigenvalue weighted by atomic mass is 35.5. The van der Waals surface area contributed by atoms with Gasteiger partial charge >= 0.3 is 0 Å². The van der Waals surface area contributed by atoms with Crippen molar-refractivity contribution in [2.75, 3.05) is 22.6 Å². The van der Waals surface area contributed by atoms with E-state index in [0.29, 0.717) is 22.8 Å². The fraction of sp³-hybridized carbons (Fsp3) is 0.455. The molecule has 94 valence electrons. The lowest BCUT2D eigenvalue weighted by molar-refractivity contribution is 0.562. The van der Waals surface area contributed by atoms with E-state index in [9.17, 15) is 8.42 Å². The minimum atomic E-state index is -2.91. The molecule has 0 aliphatic carbocycles. The number of nitrogen functional groups attached to an aromatic ring is 1. The van der Waals surface area contributed by atoms with Crippen LogP contribution in [0.2, 0.25) is 5.02 Å². The number of halogens is 1. The standard InChI is InChI=1S/C11H15ClN2O2S/c12-8-3-4-10(13)11(6-8)14-9-2-1-5-17(15,16)7-9/h3-4,6,9,14H,1-2,5,7,13H2. The predicted octanol–water partition coefficient (Wildman–Crippen LogP) is 1.91. The van der Waals surface area contributed by atoms with Crippen LogP contribution in [0.15, 0.2) is 18.2 Å². The molecule has 0 amide bonds. The Morgan fingerprint density at radius 1 is 1.41 bits per heavy atom. The van der Waals surface area contributed by atoms with Crippen molar-refractivity contribution < 1.29 is 8.42 Å². The number of nitrogens with one attached hydrogen (secondary N) is 1. The predicted molar refractivity (Wildman–Crippen MR) is 71.2 cm³/mol. The monoisotopic (exact) mass is 274 g/mol. The quantitative estimate of drug-likeness (QED) is 0.808. The van der Waals surface area contributed by atoms with E-state index < -0.39 is 9.84 Å². The molecule has 0 aromatic heterocycles. The first-order chi connectivity index (χ1) is 7.96. The van der Waals surface area contributed by atoms with Gasteiger partial charge in [-0.3, -0.25) is 0 Å². The van der Waals surface area contributed by atoms with Gasteiger partial charge in [0.1, 0.15) is 0 Å². The molecule has 1 fully saturated rings. The molecule has 1 aliphatic heterocycles. The molecule has 1 atom stereocenters. The number of sulfone groups is 1. The molecule has 1 aliphatic rings. The summed E-state index contributed by atoms with van der Waals surface area (Å²) >= 11 is 5.88. The van der Waals surface area contributed by atoms with E-state index in [0.717, 1.165) is 6.42 Å². The second-order valence-electron chi connectivity index (χ2n) is 4.33. The van der Waals surface area contributed by atoms with Crippen molar-refractivity contribution in [3.63, 3.8) is 0 Å². The van der Waals surface area contributed by atoms with E-state index in [-0.39, 0.29) is 17.5 Å². The third kappa shape index (κ3) is 3.26. The number of nitrogens with two attached hydrogens (primary N) is 1. The topological polar surface area (TPSA) is 72.2 Å². The van der Waals surface area contributed by atoms with E-state index in [4.69, 9.17) is 17.3 Å². The molecule has 3 N–H and O–H groups in total. The highest BCUT2D eigenvalue weighted by Crippen LogP contribution is 2.25. The van der Waals surface area contributed by atoms with Gasteiger partial charge in [-0.2, -0.15) is 0 Å². The summed E-state index contributed by atoms with van der Waals surface area (Å²) in [4.78, 5) is 0. The summed E-state index contributed by atoms with van der Waals surface area (Å²) in [6.45, 7) is 0. The minimum absolute atomic E-state index is 0.0745. The smallest absolute Gasteiger partial charge is 0.152 e. The first kappa shape index (κ1) is 12.5. The van der Waals surface area contributed by atoms with Gasteiger partial charge in [0.15, 0.2) is 9.84 Å². The van der Waals surface area contributed by atoms with Gasteiger partial charge in [-0.15, -0.1) is 0 Å². The molecule has 0 saturated carbocycles. The van der Waals surface area contributed by atoms with Crippen molar-refractivity contribution >= 4 is 32.8 Å². The van der Waals surface area contributed by atoms with Crippen molar-refractivity contribution in [3.05, 3.63) is 23.2 Å². The average Bonchev–Trinajstić information content (AvgIpc) is 2.22. The number of hydrogen-bond acceptors (Lipinski definition) is 4. The third-order valence-electron chi connectivity index (χ3n) is 2.84. The maximum atomic E-state index is 11.5. The van der Waals surface area contributed by atoms with E-state index in [2.05, 4.69) is 5.32 Å². The molecule has 17 heavy (non-hydrogen) atoms. The summed E-state index contributed by atoms with van der Waals surface area (Å²) in [5.41, 5.74) is 7.09. The molecule has 4 nitrogen and oxygen atoms in total. The van der Waals surface area contributed by atoms with Gasteiger partial charge in [-0.05, 0) is 31.0 Å². The average molecular weight is 275 g/mol. The summed E-state index contributed by atoms with van der Waals surface area (Å²) < 4.78 is 23.0. The summed E-state index contributed by atoms with van der Waals surface area (Å²) in [6.07, 6.45) is 1.53. The molecule has 6 heteroatoms. The van der Waals surface area contributed by atoms with Crippen LogP contribution >= 0.6 is 11.6 Å². The Bertz CT molecular complexity index is 516. The van der Waals surface area contributed by atoms with Gasteiger partial charge in [0.25, 0.3) is 0 Å². The molecular formula is C11H15ClN2O2S. The Kier molecular flexibility index (Phi) is 3.49. The van der Waals surface area contributed by atoms with Crippen LogP contribution in [0.5, 0.6) is 0 Å². The maximum absolute atomic E-state index is 11.5. The van der Waals surface area contributed by atoms with Crippen molar-refractivity contribution in [2.45, 2.75) is 18.9 Å². The van der Waals surface area contributed by atoms with Gasteiger partial charge in [0, 0.05) is 11.1 Å². The van der Waals surface area contributed by atoms with Gasteiger partial charge in [0.2, 0.25) is 0 Å². The highest BCUT2D eigenvalue weighted by Gasteiger charge is 2.24. The second-order valence-corrected chi connectivity index (χ2v) is 6.99. The van der Waals surface area contributed by atoms with Crippen LogP contribution in [0, 0.1) is 0 Å². The van der Waals surface area contributed by atoms with Crippen molar-refractivity contribution in [1.82, 2.24) is 0 Å². The molecule has 0 spiro atoms. The fourth-order valence-corrected chi connectivity index (χ4v) is 3.82. The Morgan fingerprint density at radius 2 is 2.18 bits per heavy atom. The van der Waals surface area contributed by atoms with E-state index in [1.807, 2.05) is 0 Å². The Balaban J connectivity index is 2.13. The van der Waals surface area contributed by atoms with Gasteiger partial charge in [-0.1, -0.05) is 11.6 Å². The molecule has 0 radical (unpaired) electrons. The zero-order valence-electron chi connectivity index (χ0n) is 9.32. The van der Waals surface area contributed by atoms with Gasteiger partial charge in [-0.25, -0.2) is 8.42 Å². The fourth-order valence-electron chi connectivity index (χ4n) is 2.01. The molecular weight excluding hydrogens is 260 g/mol. The third-order valence-corrected chi connectivity index (χ3v) is 4.89. The molecule has 1 aromatic carbocycles. The summed E-state index contributed by atoms with van der Waals surface area (Å²) in [5.74, 6) is 0.454. The van der Waals surface area contributed by atoms with Crippen molar-refractivity contribution in [1.29, 1.82) is 0 Å². The van der Waals surface area contributed by atoms with E-state index in [1.54, 1.807) is 18.2 Å². The Hall–Kier alpha value is -0.940. The first-order valence-corrected chi connectivity index (χ1v) is 7.68. The van der Waals surface area contributed by atoms with Gasteiger partial charge < -0.3 is 11.1 Å². The molecule has 1 aromatic rings. The lowest BCUT2D eigenvalue weighted by atomic mass is 10.1. The van der Waals surface area contributed by atoms with Gasteiger partial charge in [0.05, 0.1) is 22.9 Å². The molecule has 1 unspecified atom stereocenters. The van der Waals surface area contributed by atoms with Crippen LogP contribution < -0.4 is 11.1 Å². The number of rotatable bonds is 2. The Morgan fingerprint density at radius 3 is 2.88 bits per heavy atom. The minimum Gasteiger partial charge on any atom is -0.397 e. The van der Waals surface area contributed by atoms with E-state index >= 15 is 0 Å². The summed E-state index contributed by atoms with van der Waals surface area (Å²) in [7, 11) is -2.91. The SMILES string of the molecule is Nc1ccc(Cl)cc1NC1CCCS(=O)(=O)C1. The van der Waals surface area contributed by atoms with Crippen molar-refractivity contribution in [3.8, 4) is 0 Å². The van der Waals surface area contributed by atoms with E-state index in [1.165, 1.54) is 0 Å². The number of benzene rings is 1. The molecule has 0 bridgehead atoms. The van der Waals surface area contributed by atoms with Crippen molar-refractivity contribution in [2.24, 2.45) is 0 Å². The van der Waals surface area contributed by atoms with Crippen LogP contribution in [-0.2, 0) is 9.84 Å². The zero-order valence-corrected chi connectivity index (χ0v) is 10.9. The van der Waals surface area contributed by atoms with Crippen LogP contribution in [0.4, 0.5) is 11.4 Å². The van der Waals surface area contributed by atoms with Crippen LogP contribution in [0.25, 0.3) is 0 Å². The summed E-state index contributed by atoms with van der Waals surface area (Å²) in [6, 6.07) is 5.06. The molecule has 1 heterocycles. The largest absolute Gasteiger partial charge is 0.397 e. The van der Waals surface area contributed by atoms with Crippen LogP contribution in [-0.4, -0.2) is 26.0 Å². The van der Waals surface area contributed by atoms with Crippen LogP contribution in [0.1, 0.15) is 12.8 Å². The summed E-state index contributed by atoms with van der Waals surface area (Å²) in [5, 5.41) is 3.74. The first-order valence-electron chi connectivity index (χ1n) is 5.48. The second kappa shape index (κ2) is 4.74. The lowest BCUT2D eigenvalue weighted by Crippen LogP contribution is -2.35. The zero-order chi connectivity index (χ0) is 12.5. The number of anilines is 2. The highest BCUT2D eigenvalue weighted by molar-refractivity contribution is 7.91. The molecule has 1 saturated heterocycles. The van der Waals surface area contributed by atoms with Crippen LogP contribution in [0.3, 0.4) is 0 Å².